The SMILES string of the molecule is Cc1ccc2c(c1)c(N=NC(=O)c1ccc([N+](=O)[O-])cc1)c(O)n2C(C)C. The quantitative estimate of drug-likeness (QED) is 0.395. The number of hydrogen-bond donors (Lipinski definition) is 1. The van der Waals surface area contributed by atoms with Crippen LogP contribution in [0, 0.1) is 17.0 Å². The summed E-state index contributed by atoms with van der Waals surface area (Å²) < 4.78 is 1.72. The van der Waals surface area contributed by atoms with E-state index in [1.165, 1.54) is 24.3 Å². The number of aryl methyl sites for hydroxylation is 1. The Kier molecular flexibility index (Phi) is 4.72. The zero-order chi connectivity index (χ0) is 19.7. The zero-order valence-electron chi connectivity index (χ0n) is 15.1. The Hall–Kier alpha value is -3.55. The fraction of sp³-hybridized carbons (Fsp3) is 0.211. The fourth-order valence-corrected chi connectivity index (χ4v) is 2.90. The first-order valence-electron chi connectivity index (χ1n) is 8.33. The van der Waals surface area contributed by atoms with Crippen molar-refractivity contribution in [1.29, 1.82) is 0 Å². The minimum atomic E-state index is -0.651. The first-order chi connectivity index (χ1) is 12.8. The summed E-state index contributed by atoms with van der Waals surface area (Å²) in [7, 11) is 0. The van der Waals surface area contributed by atoms with Crippen molar-refractivity contribution in [3.8, 4) is 5.88 Å². The van der Waals surface area contributed by atoms with Crippen molar-refractivity contribution in [2.75, 3.05) is 0 Å². The van der Waals surface area contributed by atoms with E-state index in [9.17, 15) is 20.0 Å². The molecule has 1 heterocycles. The van der Waals surface area contributed by atoms with Crippen LogP contribution in [-0.4, -0.2) is 20.5 Å². The van der Waals surface area contributed by atoms with E-state index in [0.29, 0.717) is 5.39 Å². The first kappa shape index (κ1) is 18.2. The maximum absolute atomic E-state index is 12.2. The highest BCUT2D eigenvalue weighted by Crippen LogP contribution is 2.41. The summed E-state index contributed by atoms with van der Waals surface area (Å²) in [5.74, 6) is -0.715. The van der Waals surface area contributed by atoms with Gasteiger partial charge in [0.05, 0.1) is 10.4 Å². The Morgan fingerprint density at radius 2 is 1.85 bits per heavy atom. The largest absolute Gasteiger partial charge is 0.493 e. The summed E-state index contributed by atoms with van der Waals surface area (Å²) in [6.07, 6.45) is 0. The van der Waals surface area contributed by atoms with Gasteiger partial charge in [0, 0.05) is 29.1 Å². The minimum Gasteiger partial charge on any atom is -0.493 e. The molecule has 0 saturated carbocycles. The van der Waals surface area contributed by atoms with Gasteiger partial charge in [-0.05, 0) is 45.0 Å². The summed E-state index contributed by atoms with van der Waals surface area (Å²) in [4.78, 5) is 22.4. The Morgan fingerprint density at radius 3 is 2.44 bits per heavy atom. The van der Waals surface area contributed by atoms with Crippen LogP contribution in [0.1, 0.15) is 35.8 Å². The molecule has 1 amide bonds. The van der Waals surface area contributed by atoms with Crippen molar-refractivity contribution in [1.82, 2.24) is 4.57 Å². The number of hydrogen-bond acceptors (Lipinski definition) is 5. The van der Waals surface area contributed by atoms with E-state index < -0.39 is 10.8 Å². The van der Waals surface area contributed by atoms with Crippen molar-refractivity contribution in [2.45, 2.75) is 26.8 Å². The van der Waals surface area contributed by atoms with E-state index in [2.05, 4.69) is 10.2 Å². The van der Waals surface area contributed by atoms with E-state index in [1.54, 1.807) is 4.57 Å². The number of rotatable bonds is 4. The number of carbonyl (C=O) groups is 1. The molecule has 27 heavy (non-hydrogen) atoms. The molecule has 0 saturated heterocycles. The van der Waals surface area contributed by atoms with Crippen molar-refractivity contribution in [3.05, 3.63) is 63.7 Å². The number of aromatic hydroxyl groups is 1. The van der Waals surface area contributed by atoms with Crippen LogP contribution in [0.2, 0.25) is 0 Å². The monoisotopic (exact) mass is 366 g/mol. The van der Waals surface area contributed by atoms with Gasteiger partial charge in [-0.1, -0.05) is 11.6 Å². The molecule has 3 aromatic rings. The summed E-state index contributed by atoms with van der Waals surface area (Å²) >= 11 is 0. The van der Waals surface area contributed by atoms with Crippen molar-refractivity contribution >= 4 is 28.2 Å². The van der Waals surface area contributed by atoms with Gasteiger partial charge in [0.2, 0.25) is 5.88 Å². The summed E-state index contributed by atoms with van der Waals surface area (Å²) in [5.41, 5.74) is 2.06. The Balaban J connectivity index is 2.00. The molecule has 0 spiro atoms. The third kappa shape index (κ3) is 3.41. The summed E-state index contributed by atoms with van der Waals surface area (Å²) in [6.45, 7) is 5.79. The summed E-state index contributed by atoms with van der Waals surface area (Å²) in [6, 6.07) is 10.8. The number of aromatic nitrogens is 1. The van der Waals surface area contributed by atoms with Crippen LogP contribution in [-0.2, 0) is 0 Å². The predicted octanol–water partition coefficient (Wildman–Crippen LogP) is 5.07. The molecule has 1 N–H and O–H groups in total. The topological polar surface area (TPSA) is 110 Å². The van der Waals surface area contributed by atoms with Gasteiger partial charge in [-0.2, -0.15) is 0 Å². The van der Waals surface area contributed by atoms with Gasteiger partial charge in [0.1, 0.15) is 0 Å². The van der Waals surface area contributed by atoms with Gasteiger partial charge in [0.15, 0.2) is 5.69 Å². The number of carbonyl (C=O) groups excluding carboxylic acids is 1. The molecule has 2 aromatic carbocycles. The lowest BCUT2D eigenvalue weighted by Gasteiger charge is -2.10. The third-order valence-corrected chi connectivity index (χ3v) is 4.19. The minimum absolute atomic E-state index is 0.00969. The van der Waals surface area contributed by atoms with Gasteiger partial charge in [-0.3, -0.25) is 14.9 Å². The Morgan fingerprint density at radius 1 is 1.19 bits per heavy atom. The predicted molar refractivity (Wildman–Crippen MR) is 101 cm³/mol. The average Bonchev–Trinajstić information content (AvgIpc) is 2.90. The molecule has 0 atom stereocenters. The second-order valence-electron chi connectivity index (χ2n) is 6.47. The lowest BCUT2D eigenvalue weighted by atomic mass is 10.1. The molecule has 0 bridgehead atoms. The molecule has 0 aliphatic carbocycles. The second-order valence-corrected chi connectivity index (χ2v) is 6.47. The molecule has 1 aromatic heterocycles. The number of azo groups is 1. The number of nitro groups is 1. The highest BCUT2D eigenvalue weighted by atomic mass is 16.6. The zero-order valence-corrected chi connectivity index (χ0v) is 15.1. The summed E-state index contributed by atoms with van der Waals surface area (Å²) in [5, 5.41) is 29.6. The molecule has 0 fully saturated rings. The number of non-ortho nitro benzene ring substituents is 1. The lowest BCUT2D eigenvalue weighted by Crippen LogP contribution is -1.99. The van der Waals surface area contributed by atoms with Crippen LogP contribution in [0.25, 0.3) is 10.9 Å². The number of fused-ring (bicyclic) bond motifs is 1. The van der Waals surface area contributed by atoms with Crippen LogP contribution < -0.4 is 0 Å². The maximum Gasteiger partial charge on any atom is 0.295 e. The fourth-order valence-electron chi connectivity index (χ4n) is 2.90. The molecule has 138 valence electrons. The molecular weight excluding hydrogens is 348 g/mol. The second kappa shape index (κ2) is 6.99. The lowest BCUT2D eigenvalue weighted by molar-refractivity contribution is -0.384. The van der Waals surface area contributed by atoms with E-state index in [0.717, 1.165) is 11.1 Å². The Bertz CT molecular complexity index is 1070. The molecule has 0 aliphatic rings. The van der Waals surface area contributed by atoms with Crippen molar-refractivity contribution in [2.24, 2.45) is 10.2 Å². The normalized spacial score (nSPS) is 11.6. The smallest absolute Gasteiger partial charge is 0.295 e. The van der Waals surface area contributed by atoms with Gasteiger partial charge < -0.3 is 9.67 Å². The van der Waals surface area contributed by atoms with Crippen LogP contribution in [0.5, 0.6) is 5.88 Å². The highest BCUT2D eigenvalue weighted by molar-refractivity contribution is 5.97. The van der Waals surface area contributed by atoms with Crippen LogP contribution in [0.4, 0.5) is 11.4 Å². The molecular formula is C19H18N4O4. The third-order valence-electron chi connectivity index (χ3n) is 4.19. The molecule has 3 rings (SSSR count). The van der Waals surface area contributed by atoms with Crippen LogP contribution in [0.15, 0.2) is 52.7 Å². The standard InChI is InChI=1S/C19H18N4O4/c1-11(2)22-16-9-4-12(3)10-15(16)17(19(22)25)20-21-18(24)13-5-7-14(8-6-13)23(26)27/h4-11,25H,1-3H3. The molecule has 0 unspecified atom stereocenters. The van der Waals surface area contributed by atoms with E-state index >= 15 is 0 Å². The number of amides is 1. The maximum atomic E-state index is 12.2. The average molecular weight is 366 g/mol. The van der Waals surface area contributed by atoms with Gasteiger partial charge >= 0.3 is 0 Å². The van der Waals surface area contributed by atoms with Gasteiger partial charge in [-0.25, -0.2) is 0 Å². The van der Waals surface area contributed by atoms with E-state index in [4.69, 9.17) is 0 Å². The van der Waals surface area contributed by atoms with E-state index in [-0.39, 0.29) is 28.9 Å². The van der Waals surface area contributed by atoms with Crippen LogP contribution in [0.3, 0.4) is 0 Å². The van der Waals surface area contributed by atoms with E-state index in [1.807, 2.05) is 39.0 Å². The highest BCUT2D eigenvalue weighted by Gasteiger charge is 2.19. The Labute approximate surface area is 154 Å². The molecule has 0 aliphatic heterocycles. The van der Waals surface area contributed by atoms with Gasteiger partial charge in [0.25, 0.3) is 11.6 Å². The molecule has 0 radical (unpaired) electrons. The molecule has 8 nitrogen and oxygen atoms in total. The van der Waals surface area contributed by atoms with Crippen molar-refractivity contribution < 1.29 is 14.8 Å². The first-order valence-corrected chi connectivity index (χ1v) is 8.33. The number of benzene rings is 2. The van der Waals surface area contributed by atoms with Crippen LogP contribution >= 0.6 is 0 Å². The number of nitro benzene ring substituents is 1. The number of nitrogens with zero attached hydrogens (tertiary/aromatic N) is 4. The molecule has 8 heteroatoms. The van der Waals surface area contributed by atoms with Gasteiger partial charge in [-0.15, -0.1) is 10.2 Å². The van der Waals surface area contributed by atoms with Crippen molar-refractivity contribution in [3.63, 3.8) is 0 Å².